The summed E-state index contributed by atoms with van der Waals surface area (Å²) >= 11 is 0. The lowest BCUT2D eigenvalue weighted by Gasteiger charge is -2.53. The molecule has 0 saturated carbocycles. The summed E-state index contributed by atoms with van der Waals surface area (Å²) in [7, 11) is 2.23. The minimum absolute atomic E-state index is 0.0746. The molecular weight excluding hydrogens is 372 g/mol. The summed E-state index contributed by atoms with van der Waals surface area (Å²) in [4.78, 5) is 14.7. The van der Waals surface area contributed by atoms with E-state index in [1.165, 1.54) is 0 Å². The Kier molecular flexibility index (Phi) is 5.10. The normalized spacial score (nSPS) is 21.9. The Labute approximate surface area is 179 Å². The van der Waals surface area contributed by atoms with Gasteiger partial charge in [0.2, 0.25) is 0 Å². The van der Waals surface area contributed by atoms with E-state index in [0.29, 0.717) is 11.6 Å². The third-order valence-corrected chi connectivity index (χ3v) is 6.66. The van der Waals surface area contributed by atoms with Crippen LogP contribution >= 0.6 is 0 Å². The third-order valence-electron chi connectivity index (χ3n) is 6.66. The number of piperidine rings is 1. The van der Waals surface area contributed by atoms with E-state index in [1.54, 1.807) is 6.20 Å². The van der Waals surface area contributed by atoms with Crippen LogP contribution in [-0.4, -0.2) is 35.0 Å². The maximum atomic E-state index is 12.2. The zero-order chi connectivity index (χ0) is 21.5. The Hall–Kier alpha value is -2.79. The molecule has 0 aromatic heterocycles. The van der Waals surface area contributed by atoms with Crippen LogP contribution in [0.2, 0.25) is 0 Å². The SMILES string of the molecule is CN1C(C)(C)CC(Nc2ccc(NC=C3C(=O)Nc4ccccc43)cc2)CC1(C)C. The molecule has 5 nitrogen and oxygen atoms in total. The van der Waals surface area contributed by atoms with Crippen molar-refractivity contribution in [2.24, 2.45) is 0 Å². The molecule has 30 heavy (non-hydrogen) atoms. The van der Waals surface area contributed by atoms with Gasteiger partial charge in [-0.05, 0) is 77.9 Å². The Morgan fingerprint density at radius 1 is 0.967 bits per heavy atom. The number of amides is 1. The summed E-state index contributed by atoms with van der Waals surface area (Å²) in [6, 6.07) is 16.5. The summed E-state index contributed by atoms with van der Waals surface area (Å²) in [5.41, 5.74) is 4.84. The smallest absolute Gasteiger partial charge is 0.257 e. The zero-order valence-electron chi connectivity index (χ0n) is 18.5. The molecule has 5 heteroatoms. The molecule has 1 fully saturated rings. The fraction of sp³-hybridized carbons (Fsp3) is 0.400. The minimum Gasteiger partial charge on any atom is -0.382 e. The second kappa shape index (κ2) is 7.47. The molecule has 0 spiro atoms. The van der Waals surface area contributed by atoms with Gasteiger partial charge in [0.1, 0.15) is 0 Å². The second-order valence-electron chi connectivity index (χ2n) is 9.71. The summed E-state index contributed by atoms with van der Waals surface area (Å²) in [5, 5.41) is 9.88. The predicted octanol–water partition coefficient (Wildman–Crippen LogP) is 5.16. The summed E-state index contributed by atoms with van der Waals surface area (Å²) in [5.74, 6) is -0.0746. The van der Waals surface area contributed by atoms with E-state index in [9.17, 15) is 4.79 Å². The maximum absolute atomic E-state index is 12.2. The van der Waals surface area contributed by atoms with Crippen LogP contribution in [0.5, 0.6) is 0 Å². The van der Waals surface area contributed by atoms with Gasteiger partial charge in [0.25, 0.3) is 5.91 Å². The molecule has 2 aromatic carbocycles. The molecule has 0 aliphatic carbocycles. The average Bonchev–Trinajstić information content (AvgIpc) is 3.00. The zero-order valence-corrected chi connectivity index (χ0v) is 18.5. The molecule has 0 unspecified atom stereocenters. The highest BCUT2D eigenvalue weighted by atomic mass is 16.2. The van der Waals surface area contributed by atoms with E-state index >= 15 is 0 Å². The van der Waals surface area contributed by atoms with Crippen molar-refractivity contribution in [1.82, 2.24) is 4.90 Å². The number of nitrogens with one attached hydrogen (secondary N) is 3. The first-order chi connectivity index (χ1) is 14.2. The molecule has 0 atom stereocenters. The van der Waals surface area contributed by atoms with E-state index < -0.39 is 0 Å². The average molecular weight is 405 g/mol. The number of likely N-dealkylation sites (tertiary alicyclic amines) is 1. The van der Waals surface area contributed by atoms with Crippen molar-refractivity contribution < 1.29 is 4.79 Å². The lowest BCUT2D eigenvalue weighted by molar-refractivity contribution is -0.110. The van der Waals surface area contributed by atoms with Gasteiger partial charge in [-0.3, -0.25) is 9.69 Å². The molecule has 2 aromatic rings. The Morgan fingerprint density at radius 3 is 2.23 bits per heavy atom. The van der Waals surface area contributed by atoms with Crippen molar-refractivity contribution in [2.45, 2.75) is 57.7 Å². The number of nitrogens with zero attached hydrogens (tertiary/aromatic N) is 1. The molecular formula is C25H32N4O. The maximum Gasteiger partial charge on any atom is 0.257 e. The number of carbonyl (C=O) groups excluding carboxylic acids is 1. The fourth-order valence-corrected chi connectivity index (χ4v) is 4.81. The van der Waals surface area contributed by atoms with Gasteiger partial charge in [0.15, 0.2) is 0 Å². The summed E-state index contributed by atoms with van der Waals surface area (Å²) in [6.07, 6.45) is 3.99. The Balaban J connectivity index is 1.42. The molecule has 0 radical (unpaired) electrons. The molecule has 2 aliphatic rings. The second-order valence-corrected chi connectivity index (χ2v) is 9.71. The van der Waals surface area contributed by atoms with Crippen molar-refractivity contribution in [3.63, 3.8) is 0 Å². The van der Waals surface area contributed by atoms with Crippen molar-refractivity contribution in [1.29, 1.82) is 0 Å². The number of hydrogen-bond donors (Lipinski definition) is 3. The van der Waals surface area contributed by atoms with Crippen molar-refractivity contribution in [3.8, 4) is 0 Å². The van der Waals surface area contributed by atoms with Crippen LogP contribution < -0.4 is 16.0 Å². The van der Waals surface area contributed by atoms with Crippen LogP contribution in [0, 0.1) is 0 Å². The van der Waals surface area contributed by atoms with E-state index in [-0.39, 0.29) is 17.0 Å². The number of para-hydroxylation sites is 1. The van der Waals surface area contributed by atoms with Gasteiger partial charge in [0, 0.05) is 45.9 Å². The van der Waals surface area contributed by atoms with Crippen molar-refractivity contribution in [2.75, 3.05) is 23.0 Å². The highest BCUT2D eigenvalue weighted by Gasteiger charge is 2.42. The van der Waals surface area contributed by atoms with Crippen molar-refractivity contribution >= 4 is 28.5 Å². The van der Waals surface area contributed by atoms with Crippen LogP contribution in [0.3, 0.4) is 0 Å². The van der Waals surface area contributed by atoms with E-state index in [0.717, 1.165) is 35.5 Å². The lowest BCUT2D eigenvalue weighted by Crippen LogP contribution is -2.61. The van der Waals surface area contributed by atoms with Crippen LogP contribution in [0.4, 0.5) is 17.1 Å². The molecule has 1 amide bonds. The Bertz CT molecular complexity index is 957. The molecule has 1 saturated heterocycles. The molecule has 3 N–H and O–H groups in total. The number of hydrogen-bond acceptors (Lipinski definition) is 4. The van der Waals surface area contributed by atoms with Gasteiger partial charge >= 0.3 is 0 Å². The molecule has 2 heterocycles. The molecule has 158 valence electrons. The van der Waals surface area contributed by atoms with E-state index in [1.807, 2.05) is 36.4 Å². The van der Waals surface area contributed by atoms with E-state index in [4.69, 9.17) is 0 Å². The van der Waals surface area contributed by atoms with Gasteiger partial charge in [-0.15, -0.1) is 0 Å². The highest BCUT2D eigenvalue weighted by Crippen LogP contribution is 2.38. The van der Waals surface area contributed by atoms with Crippen LogP contribution in [-0.2, 0) is 4.79 Å². The predicted molar refractivity (Wildman–Crippen MR) is 126 cm³/mol. The fourth-order valence-electron chi connectivity index (χ4n) is 4.81. The van der Waals surface area contributed by atoms with Crippen LogP contribution in [0.25, 0.3) is 5.57 Å². The van der Waals surface area contributed by atoms with Gasteiger partial charge in [0.05, 0.1) is 5.57 Å². The van der Waals surface area contributed by atoms with Crippen molar-refractivity contribution in [3.05, 3.63) is 60.3 Å². The first kappa shape index (κ1) is 20.5. The number of benzene rings is 2. The molecule has 2 aliphatic heterocycles. The number of fused-ring (bicyclic) bond motifs is 1. The molecule has 0 bridgehead atoms. The largest absolute Gasteiger partial charge is 0.382 e. The monoisotopic (exact) mass is 404 g/mol. The summed E-state index contributed by atoms with van der Waals surface area (Å²) < 4.78 is 0. The summed E-state index contributed by atoms with van der Waals surface area (Å²) in [6.45, 7) is 9.28. The quantitative estimate of drug-likeness (QED) is 0.617. The van der Waals surface area contributed by atoms with Gasteiger partial charge < -0.3 is 16.0 Å². The van der Waals surface area contributed by atoms with E-state index in [2.05, 4.69) is 67.7 Å². The Morgan fingerprint density at radius 2 is 1.57 bits per heavy atom. The number of carbonyl (C=O) groups is 1. The first-order valence-electron chi connectivity index (χ1n) is 10.6. The van der Waals surface area contributed by atoms with Crippen LogP contribution in [0.1, 0.15) is 46.1 Å². The van der Waals surface area contributed by atoms with Gasteiger partial charge in [-0.1, -0.05) is 18.2 Å². The standard InChI is InChI=1S/C25H32N4O/c1-24(2)14-19(15-25(3,4)29(24)5)27-18-12-10-17(11-13-18)26-16-21-20-8-6-7-9-22(20)28-23(21)30/h6-13,16,19,26-27H,14-15H2,1-5H3,(H,28,30). The van der Waals surface area contributed by atoms with Crippen LogP contribution in [0.15, 0.2) is 54.7 Å². The topological polar surface area (TPSA) is 56.4 Å². The van der Waals surface area contributed by atoms with Gasteiger partial charge in [-0.2, -0.15) is 0 Å². The lowest BCUT2D eigenvalue weighted by atomic mass is 9.77. The van der Waals surface area contributed by atoms with Gasteiger partial charge in [-0.25, -0.2) is 0 Å². The molecule has 4 rings (SSSR count). The first-order valence-corrected chi connectivity index (χ1v) is 10.6. The number of anilines is 3. The third kappa shape index (κ3) is 3.94. The highest BCUT2D eigenvalue weighted by molar-refractivity contribution is 6.31. The number of rotatable bonds is 4. The minimum atomic E-state index is -0.0746.